The second kappa shape index (κ2) is 5.14. The SMILES string of the molecule is CCC(C)(O)CNC(=O)c1ccn(C)c(=O)c1. The van der Waals surface area contributed by atoms with Gasteiger partial charge in [0.15, 0.2) is 0 Å². The lowest BCUT2D eigenvalue weighted by Crippen LogP contribution is -2.40. The highest BCUT2D eigenvalue weighted by molar-refractivity contribution is 5.94. The molecule has 17 heavy (non-hydrogen) atoms. The zero-order valence-corrected chi connectivity index (χ0v) is 10.4. The van der Waals surface area contributed by atoms with Crippen LogP contribution in [-0.4, -0.2) is 27.7 Å². The molecular weight excluding hydrogens is 220 g/mol. The predicted octanol–water partition coefficient (Wildman–Crippen LogP) is 0.276. The number of nitrogens with zero attached hydrogens (tertiary/aromatic N) is 1. The summed E-state index contributed by atoms with van der Waals surface area (Å²) in [7, 11) is 1.62. The molecule has 0 aromatic carbocycles. The van der Waals surface area contributed by atoms with E-state index in [0.717, 1.165) is 0 Å². The molecule has 1 rings (SSSR count). The molecule has 5 heteroatoms. The maximum absolute atomic E-state index is 11.7. The summed E-state index contributed by atoms with van der Waals surface area (Å²) in [6, 6.07) is 2.84. The van der Waals surface area contributed by atoms with Gasteiger partial charge in [-0.25, -0.2) is 0 Å². The molecule has 2 N–H and O–H groups in total. The van der Waals surface area contributed by atoms with E-state index < -0.39 is 5.60 Å². The first-order chi connectivity index (χ1) is 7.85. The second-order valence-corrected chi connectivity index (χ2v) is 4.40. The van der Waals surface area contributed by atoms with E-state index in [-0.39, 0.29) is 18.0 Å². The molecule has 0 aliphatic heterocycles. The molecule has 1 heterocycles. The van der Waals surface area contributed by atoms with E-state index in [0.29, 0.717) is 12.0 Å². The summed E-state index contributed by atoms with van der Waals surface area (Å²) >= 11 is 0. The number of aromatic nitrogens is 1. The number of hydrogen-bond donors (Lipinski definition) is 2. The lowest BCUT2D eigenvalue weighted by molar-refractivity contribution is 0.0518. The van der Waals surface area contributed by atoms with Gasteiger partial charge in [-0.1, -0.05) is 6.92 Å². The number of carbonyl (C=O) groups excluding carboxylic acids is 1. The van der Waals surface area contributed by atoms with Gasteiger partial charge < -0.3 is 15.0 Å². The third-order valence-corrected chi connectivity index (χ3v) is 2.76. The van der Waals surface area contributed by atoms with Crippen molar-refractivity contribution in [2.75, 3.05) is 6.54 Å². The molecule has 1 amide bonds. The number of aryl methyl sites for hydroxylation is 1. The summed E-state index contributed by atoms with van der Waals surface area (Å²) in [6.45, 7) is 3.65. The van der Waals surface area contributed by atoms with Crippen LogP contribution in [0.15, 0.2) is 23.1 Å². The number of carbonyl (C=O) groups is 1. The molecule has 0 saturated carbocycles. The number of pyridine rings is 1. The van der Waals surface area contributed by atoms with Crippen LogP contribution in [0.5, 0.6) is 0 Å². The quantitative estimate of drug-likeness (QED) is 0.791. The minimum atomic E-state index is -0.921. The van der Waals surface area contributed by atoms with Crippen LogP contribution in [0, 0.1) is 0 Å². The van der Waals surface area contributed by atoms with E-state index >= 15 is 0 Å². The molecule has 94 valence electrons. The van der Waals surface area contributed by atoms with Gasteiger partial charge in [-0.3, -0.25) is 9.59 Å². The zero-order valence-electron chi connectivity index (χ0n) is 10.4. The second-order valence-electron chi connectivity index (χ2n) is 4.40. The van der Waals surface area contributed by atoms with Crippen molar-refractivity contribution in [1.82, 2.24) is 9.88 Å². The molecule has 0 bridgehead atoms. The lowest BCUT2D eigenvalue weighted by Gasteiger charge is -2.21. The van der Waals surface area contributed by atoms with Crippen LogP contribution in [0.25, 0.3) is 0 Å². The van der Waals surface area contributed by atoms with Crippen molar-refractivity contribution in [3.63, 3.8) is 0 Å². The Labute approximate surface area is 100 Å². The van der Waals surface area contributed by atoms with Gasteiger partial charge in [-0.2, -0.15) is 0 Å². The first kappa shape index (κ1) is 13.4. The van der Waals surface area contributed by atoms with Crippen molar-refractivity contribution >= 4 is 5.91 Å². The van der Waals surface area contributed by atoms with E-state index in [1.807, 2.05) is 6.92 Å². The minimum Gasteiger partial charge on any atom is -0.388 e. The highest BCUT2D eigenvalue weighted by Crippen LogP contribution is 2.06. The Morgan fingerprint density at radius 1 is 1.59 bits per heavy atom. The summed E-state index contributed by atoms with van der Waals surface area (Å²) in [5.74, 6) is -0.351. The molecule has 0 radical (unpaired) electrons. The summed E-state index contributed by atoms with van der Waals surface area (Å²) < 4.78 is 1.39. The first-order valence-corrected chi connectivity index (χ1v) is 5.53. The van der Waals surface area contributed by atoms with Gasteiger partial charge >= 0.3 is 0 Å². The predicted molar refractivity (Wildman–Crippen MR) is 64.9 cm³/mol. The average Bonchev–Trinajstić information content (AvgIpc) is 2.30. The monoisotopic (exact) mass is 238 g/mol. The Hall–Kier alpha value is -1.62. The number of amides is 1. The van der Waals surface area contributed by atoms with Crippen LogP contribution in [0.4, 0.5) is 0 Å². The molecule has 5 nitrogen and oxygen atoms in total. The van der Waals surface area contributed by atoms with E-state index in [1.54, 1.807) is 20.0 Å². The standard InChI is InChI=1S/C12H18N2O3/c1-4-12(2,17)8-13-11(16)9-5-6-14(3)10(15)7-9/h5-7,17H,4,8H2,1-3H3,(H,13,16). The zero-order chi connectivity index (χ0) is 13.1. The normalized spacial score (nSPS) is 14.1. The van der Waals surface area contributed by atoms with Gasteiger partial charge in [0.1, 0.15) is 0 Å². The topological polar surface area (TPSA) is 71.3 Å². The van der Waals surface area contributed by atoms with Crippen molar-refractivity contribution in [2.45, 2.75) is 25.9 Å². The largest absolute Gasteiger partial charge is 0.388 e. The maximum Gasteiger partial charge on any atom is 0.251 e. The fraction of sp³-hybridized carbons (Fsp3) is 0.500. The fourth-order valence-corrected chi connectivity index (χ4v) is 1.19. The van der Waals surface area contributed by atoms with Crippen molar-refractivity contribution in [3.05, 3.63) is 34.2 Å². The van der Waals surface area contributed by atoms with Gasteiger partial charge in [-0.15, -0.1) is 0 Å². The summed E-state index contributed by atoms with van der Waals surface area (Å²) in [4.78, 5) is 23.0. The molecular formula is C12H18N2O3. The van der Waals surface area contributed by atoms with Crippen LogP contribution in [0.1, 0.15) is 30.6 Å². The highest BCUT2D eigenvalue weighted by Gasteiger charge is 2.18. The summed E-state index contributed by atoms with van der Waals surface area (Å²) in [5, 5.41) is 12.3. The van der Waals surface area contributed by atoms with Gasteiger partial charge in [0.2, 0.25) is 0 Å². The van der Waals surface area contributed by atoms with Crippen LogP contribution in [0.3, 0.4) is 0 Å². The smallest absolute Gasteiger partial charge is 0.251 e. The Kier molecular flexibility index (Phi) is 4.07. The highest BCUT2D eigenvalue weighted by atomic mass is 16.3. The lowest BCUT2D eigenvalue weighted by atomic mass is 10.0. The van der Waals surface area contributed by atoms with E-state index in [4.69, 9.17) is 0 Å². The van der Waals surface area contributed by atoms with Crippen LogP contribution in [-0.2, 0) is 7.05 Å². The fourth-order valence-electron chi connectivity index (χ4n) is 1.19. The van der Waals surface area contributed by atoms with Crippen LogP contribution >= 0.6 is 0 Å². The van der Waals surface area contributed by atoms with Crippen molar-refractivity contribution in [1.29, 1.82) is 0 Å². The Balaban J connectivity index is 2.71. The molecule has 0 aliphatic rings. The molecule has 1 unspecified atom stereocenters. The molecule has 0 spiro atoms. The average molecular weight is 238 g/mol. The first-order valence-electron chi connectivity index (χ1n) is 5.53. The third kappa shape index (κ3) is 3.71. The molecule has 0 saturated heterocycles. The molecule has 1 atom stereocenters. The molecule has 1 aromatic heterocycles. The third-order valence-electron chi connectivity index (χ3n) is 2.76. The number of nitrogens with one attached hydrogen (secondary N) is 1. The Morgan fingerprint density at radius 3 is 2.76 bits per heavy atom. The van der Waals surface area contributed by atoms with Crippen molar-refractivity contribution in [2.24, 2.45) is 7.05 Å². The Morgan fingerprint density at radius 2 is 2.24 bits per heavy atom. The number of hydrogen-bond acceptors (Lipinski definition) is 3. The van der Waals surface area contributed by atoms with E-state index in [1.165, 1.54) is 16.8 Å². The van der Waals surface area contributed by atoms with E-state index in [9.17, 15) is 14.7 Å². The van der Waals surface area contributed by atoms with Crippen molar-refractivity contribution < 1.29 is 9.90 Å². The molecule has 0 aliphatic carbocycles. The van der Waals surface area contributed by atoms with Gasteiger partial charge in [-0.05, 0) is 19.4 Å². The molecule has 0 fully saturated rings. The number of aliphatic hydroxyl groups is 1. The minimum absolute atomic E-state index is 0.164. The number of rotatable bonds is 4. The van der Waals surface area contributed by atoms with Gasteiger partial charge in [0, 0.05) is 31.4 Å². The van der Waals surface area contributed by atoms with Crippen molar-refractivity contribution in [3.8, 4) is 0 Å². The molecule has 1 aromatic rings. The van der Waals surface area contributed by atoms with Crippen LogP contribution in [0.2, 0.25) is 0 Å². The summed E-state index contributed by atoms with van der Waals surface area (Å²) in [6.07, 6.45) is 2.08. The van der Waals surface area contributed by atoms with Gasteiger partial charge in [0.05, 0.1) is 5.60 Å². The maximum atomic E-state index is 11.7. The summed E-state index contributed by atoms with van der Waals surface area (Å²) in [5.41, 5.74) is -0.852. The van der Waals surface area contributed by atoms with E-state index in [2.05, 4.69) is 5.32 Å². The van der Waals surface area contributed by atoms with Crippen LogP contribution < -0.4 is 10.9 Å². The van der Waals surface area contributed by atoms with Gasteiger partial charge in [0.25, 0.3) is 11.5 Å². The Bertz CT molecular complexity index is 463.